The van der Waals surface area contributed by atoms with Crippen LogP contribution in [0, 0.1) is 5.92 Å². The number of ether oxygens (including phenoxy) is 1. The van der Waals surface area contributed by atoms with E-state index >= 15 is 0 Å². The van der Waals surface area contributed by atoms with Crippen LogP contribution in [-0.4, -0.2) is 47.1 Å². The summed E-state index contributed by atoms with van der Waals surface area (Å²) in [4.78, 5) is 26.8. The van der Waals surface area contributed by atoms with Crippen LogP contribution in [0.15, 0.2) is 24.3 Å². The first kappa shape index (κ1) is 18.3. The van der Waals surface area contributed by atoms with Crippen LogP contribution in [0.3, 0.4) is 0 Å². The van der Waals surface area contributed by atoms with Gasteiger partial charge >= 0.3 is 0 Å². The highest BCUT2D eigenvalue weighted by molar-refractivity contribution is 7.15. The number of methoxy groups -OCH3 is 1. The average molecular weight is 374 g/mol. The zero-order valence-corrected chi connectivity index (χ0v) is 15.9. The molecule has 2 aromatic rings. The van der Waals surface area contributed by atoms with E-state index in [0.717, 1.165) is 5.01 Å². The maximum absolute atomic E-state index is 12.6. The number of benzene rings is 1. The van der Waals surface area contributed by atoms with Gasteiger partial charge in [-0.2, -0.15) is 0 Å². The van der Waals surface area contributed by atoms with Crippen LogP contribution in [0.2, 0.25) is 0 Å². The van der Waals surface area contributed by atoms with Crippen molar-refractivity contribution in [2.45, 2.75) is 26.2 Å². The quantitative estimate of drug-likeness (QED) is 0.870. The number of amides is 2. The fraction of sp³-hybridized carbons (Fsp3) is 0.444. The van der Waals surface area contributed by atoms with Crippen molar-refractivity contribution in [3.63, 3.8) is 0 Å². The number of carbonyl (C=O) groups is 2. The normalized spacial score (nSPS) is 16.8. The van der Waals surface area contributed by atoms with Crippen molar-refractivity contribution >= 4 is 28.3 Å². The maximum Gasteiger partial charge on any atom is 0.254 e. The highest BCUT2D eigenvalue weighted by atomic mass is 32.1. The lowest BCUT2D eigenvalue weighted by molar-refractivity contribution is -0.119. The van der Waals surface area contributed by atoms with E-state index in [4.69, 9.17) is 4.74 Å². The second-order valence-corrected chi connectivity index (χ2v) is 7.57. The fourth-order valence-electron chi connectivity index (χ4n) is 2.82. The molecule has 0 spiro atoms. The van der Waals surface area contributed by atoms with Crippen LogP contribution >= 0.6 is 11.3 Å². The molecule has 1 aromatic carbocycles. The van der Waals surface area contributed by atoms with Crippen molar-refractivity contribution in [2.75, 3.05) is 25.5 Å². The number of nitrogens with zero attached hydrogens (tertiary/aromatic N) is 3. The molecule has 1 fully saturated rings. The maximum atomic E-state index is 12.6. The molecule has 0 bridgehead atoms. The number of likely N-dealkylation sites (tertiary alicyclic amines) is 1. The third-order valence-electron chi connectivity index (χ3n) is 4.33. The van der Waals surface area contributed by atoms with Crippen LogP contribution in [0.25, 0.3) is 0 Å². The van der Waals surface area contributed by atoms with Gasteiger partial charge in [-0.15, -0.1) is 10.2 Å². The van der Waals surface area contributed by atoms with Gasteiger partial charge in [-0.3, -0.25) is 9.59 Å². The molecule has 0 radical (unpaired) electrons. The summed E-state index contributed by atoms with van der Waals surface area (Å²) in [5.41, 5.74) is 0.566. The Morgan fingerprint density at radius 1 is 1.35 bits per heavy atom. The fourth-order valence-corrected chi connectivity index (χ4v) is 3.57. The highest BCUT2D eigenvalue weighted by Crippen LogP contribution is 2.25. The van der Waals surface area contributed by atoms with E-state index < -0.39 is 0 Å². The van der Waals surface area contributed by atoms with E-state index in [1.165, 1.54) is 11.3 Å². The second-order valence-electron chi connectivity index (χ2n) is 6.56. The summed E-state index contributed by atoms with van der Waals surface area (Å²) in [6.45, 7) is 5.02. The topological polar surface area (TPSA) is 84.4 Å². The van der Waals surface area contributed by atoms with E-state index in [-0.39, 0.29) is 23.7 Å². The Kier molecular flexibility index (Phi) is 5.51. The van der Waals surface area contributed by atoms with Crippen molar-refractivity contribution in [1.29, 1.82) is 0 Å². The van der Waals surface area contributed by atoms with Gasteiger partial charge in [0, 0.05) is 24.6 Å². The summed E-state index contributed by atoms with van der Waals surface area (Å²) < 4.78 is 5.17. The molecule has 1 N–H and O–H groups in total. The van der Waals surface area contributed by atoms with Crippen molar-refractivity contribution in [2.24, 2.45) is 5.92 Å². The molecule has 2 heterocycles. The lowest BCUT2D eigenvalue weighted by Crippen LogP contribution is -2.31. The minimum absolute atomic E-state index is 0.0859. The van der Waals surface area contributed by atoms with Gasteiger partial charge in [0.1, 0.15) is 10.8 Å². The lowest BCUT2D eigenvalue weighted by atomic mass is 10.1. The number of anilines is 1. The molecule has 1 atom stereocenters. The number of aromatic nitrogens is 2. The number of hydrogen-bond donors (Lipinski definition) is 1. The Morgan fingerprint density at radius 3 is 2.85 bits per heavy atom. The second kappa shape index (κ2) is 7.82. The van der Waals surface area contributed by atoms with Gasteiger partial charge in [0.2, 0.25) is 11.0 Å². The van der Waals surface area contributed by atoms with E-state index in [2.05, 4.69) is 15.5 Å². The van der Waals surface area contributed by atoms with Crippen LogP contribution in [0.4, 0.5) is 5.13 Å². The first-order valence-electron chi connectivity index (χ1n) is 8.55. The Balaban J connectivity index is 1.60. The Labute approximate surface area is 156 Å². The van der Waals surface area contributed by atoms with Crippen LogP contribution < -0.4 is 10.1 Å². The summed E-state index contributed by atoms with van der Waals surface area (Å²) >= 11 is 1.39. The number of hydrogen-bond acceptors (Lipinski definition) is 6. The molecule has 1 saturated heterocycles. The van der Waals surface area contributed by atoms with Gasteiger partial charge in [-0.05, 0) is 24.6 Å². The molecule has 1 aliphatic heterocycles. The lowest BCUT2D eigenvalue weighted by Gasteiger charge is -2.16. The molecule has 3 rings (SSSR count). The van der Waals surface area contributed by atoms with E-state index in [0.29, 0.717) is 36.0 Å². The van der Waals surface area contributed by atoms with Crippen LogP contribution in [0.1, 0.15) is 41.6 Å². The standard InChI is InChI=1S/C18H22N4O3S/c1-11(2)16-20-21-18(26-16)19-15(23)13-7-8-22(10-13)17(24)12-5-4-6-14(9-12)25-3/h4-6,9,11,13H,7-8,10H2,1-3H3,(H,19,21,23)/t13-/m1/s1. The number of nitrogens with one attached hydrogen (secondary N) is 1. The molecule has 1 aliphatic rings. The van der Waals surface area contributed by atoms with Gasteiger partial charge < -0.3 is 15.0 Å². The van der Waals surface area contributed by atoms with Gasteiger partial charge in [0.15, 0.2) is 0 Å². The van der Waals surface area contributed by atoms with Gasteiger partial charge in [-0.25, -0.2) is 0 Å². The summed E-state index contributed by atoms with van der Waals surface area (Å²) in [7, 11) is 1.57. The molecule has 0 unspecified atom stereocenters. The molecule has 2 amide bonds. The Bertz CT molecular complexity index is 805. The molecule has 138 valence electrons. The molecule has 8 heteroatoms. The third kappa shape index (κ3) is 4.01. The van der Waals surface area contributed by atoms with E-state index in [1.807, 2.05) is 13.8 Å². The van der Waals surface area contributed by atoms with Crippen molar-refractivity contribution in [1.82, 2.24) is 15.1 Å². The van der Waals surface area contributed by atoms with E-state index in [9.17, 15) is 9.59 Å². The molecular formula is C18H22N4O3S. The number of carbonyl (C=O) groups excluding carboxylic acids is 2. The van der Waals surface area contributed by atoms with Crippen molar-refractivity contribution in [3.8, 4) is 5.75 Å². The van der Waals surface area contributed by atoms with Crippen LogP contribution in [0.5, 0.6) is 5.75 Å². The summed E-state index contributed by atoms with van der Waals surface area (Å²) in [5.74, 6) is 0.479. The van der Waals surface area contributed by atoms with Gasteiger partial charge in [0.05, 0.1) is 13.0 Å². The van der Waals surface area contributed by atoms with Crippen molar-refractivity contribution in [3.05, 3.63) is 34.8 Å². The smallest absolute Gasteiger partial charge is 0.254 e. The molecule has 26 heavy (non-hydrogen) atoms. The summed E-state index contributed by atoms with van der Waals surface area (Å²) in [6.07, 6.45) is 0.636. The van der Waals surface area contributed by atoms with E-state index in [1.54, 1.807) is 36.3 Å². The number of rotatable bonds is 5. The van der Waals surface area contributed by atoms with Gasteiger partial charge in [0.25, 0.3) is 5.91 Å². The first-order valence-corrected chi connectivity index (χ1v) is 9.37. The van der Waals surface area contributed by atoms with Gasteiger partial charge in [-0.1, -0.05) is 31.3 Å². The van der Waals surface area contributed by atoms with Crippen molar-refractivity contribution < 1.29 is 14.3 Å². The molecule has 0 aliphatic carbocycles. The largest absolute Gasteiger partial charge is 0.497 e. The molecule has 7 nitrogen and oxygen atoms in total. The predicted molar refractivity (Wildman–Crippen MR) is 99.6 cm³/mol. The van der Waals surface area contributed by atoms with Crippen LogP contribution in [-0.2, 0) is 4.79 Å². The Hall–Kier alpha value is -2.48. The minimum Gasteiger partial charge on any atom is -0.497 e. The zero-order chi connectivity index (χ0) is 18.7. The minimum atomic E-state index is -0.240. The summed E-state index contributed by atoms with van der Waals surface area (Å²) in [5, 5.41) is 12.3. The Morgan fingerprint density at radius 2 is 2.15 bits per heavy atom. The SMILES string of the molecule is COc1cccc(C(=O)N2CC[C@@H](C(=O)Nc3nnc(C(C)C)s3)C2)c1. The predicted octanol–water partition coefficient (Wildman–Crippen LogP) is 2.77. The average Bonchev–Trinajstić information content (AvgIpc) is 3.30. The molecular weight excluding hydrogens is 352 g/mol. The third-order valence-corrected chi connectivity index (χ3v) is 5.47. The zero-order valence-electron chi connectivity index (χ0n) is 15.1. The monoisotopic (exact) mass is 374 g/mol. The summed E-state index contributed by atoms with van der Waals surface area (Å²) in [6, 6.07) is 7.05. The molecule has 1 aromatic heterocycles. The highest BCUT2D eigenvalue weighted by Gasteiger charge is 2.32. The molecule has 0 saturated carbocycles. The first-order chi connectivity index (χ1) is 12.5.